The topological polar surface area (TPSA) is 69.6 Å². The average molecular weight is 366 g/mol. The van der Waals surface area contributed by atoms with Gasteiger partial charge in [-0.25, -0.2) is 0 Å². The molecule has 4 nitrogen and oxygen atoms in total. The Kier molecular flexibility index (Phi) is 61.0. The van der Waals surface area contributed by atoms with Crippen molar-refractivity contribution < 1.29 is 15.0 Å². The predicted molar refractivity (Wildman–Crippen MR) is 116 cm³/mol. The summed E-state index contributed by atoms with van der Waals surface area (Å²) in [5.41, 5.74) is 0.0948. The summed E-state index contributed by atoms with van der Waals surface area (Å²) in [4.78, 5) is 8.00. The van der Waals surface area contributed by atoms with E-state index in [2.05, 4.69) is 39.6 Å². The summed E-state index contributed by atoms with van der Waals surface area (Å²) in [5, 5.41) is 20.3. The first-order chi connectivity index (χ1) is 11.9. The van der Waals surface area contributed by atoms with Crippen LogP contribution in [0.25, 0.3) is 0 Å². The van der Waals surface area contributed by atoms with Crippen molar-refractivity contribution in [3.63, 3.8) is 0 Å². The molecule has 0 saturated heterocycles. The first-order valence-electron chi connectivity index (χ1n) is 9.58. The number of aliphatic hydroxyl groups is 2. The van der Waals surface area contributed by atoms with Gasteiger partial charge in [-0.1, -0.05) is 67.4 Å². The molecule has 0 aliphatic carbocycles. The lowest BCUT2D eigenvalue weighted by atomic mass is 9.85. The van der Waals surface area contributed by atoms with Gasteiger partial charge < -0.3 is 20.3 Å². The Morgan fingerprint density at radius 2 is 1.44 bits per heavy atom. The minimum atomic E-state index is -0.177. The Balaban J connectivity index is -0.0000000687. The summed E-state index contributed by atoms with van der Waals surface area (Å²) < 4.78 is 0. The van der Waals surface area contributed by atoms with E-state index in [-0.39, 0.29) is 11.6 Å². The van der Waals surface area contributed by atoms with Crippen molar-refractivity contribution in [2.24, 2.45) is 5.92 Å². The molecule has 0 bridgehead atoms. The van der Waals surface area contributed by atoms with Gasteiger partial charge in [-0.05, 0) is 39.7 Å². The summed E-state index contributed by atoms with van der Waals surface area (Å²) >= 11 is 0. The van der Waals surface area contributed by atoms with Crippen molar-refractivity contribution in [3.8, 4) is 0 Å². The minimum absolute atomic E-state index is 0.0948. The summed E-state index contributed by atoms with van der Waals surface area (Å²) in [6.07, 6.45) is 5.75. The number of rotatable bonds is 7. The second kappa shape index (κ2) is 38.7. The second-order valence-electron chi connectivity index (χ2n) is 5.13. The zero-order valence-corrected chi connectivity index (χ0v) is 19.3. The highest BCUT2D eigenvalue weighted by Crippen LogP contribution is 2.22. The molecular formula is C21H51NO3. The Labute approximate surface area is 160 Å². The highest BCUT2D eigenvalue weighted by atomic mass is 16.3. The van der Waals surface area contributed by atoms with Gasteiger partial charge in [-0.2, -0.15) is 0 Å². The summed E-state index contributed by atoms with van der Waals surface area (Å²) in [5.74, 6) is 0.402. The molecule has 0 aromatic heterocycles. The highest BCUT2D eigenvalue weighted by Gasteiger charge is 2.26. The van der Waals surface area contributed by atoms with Gasteiger partial charge in [0.25, 0.3) is 0 Å². The minimum Gasteiger partial charge on any atom is -0.400 e. The maximum atomic E-state index is 9.97. The van der Waals surface area contributed by atoms with Crippen molar-refractivity contribution in [1.29, 1.82) is 0 Å². The van der Waals surface area contributed by atoms with Crippen LogP contribution in [0.5, 0.6) is 0 Å². The van der Waals surface area contributed by atoms with E-state index in [0.717, 1.165) is 32.8 Å². The van der Waals surface area contributed by atoms with E-state index in [4.69, 9.17) is 9.90 Å². The van der Waals surface area contributed by atoms with Crippen LogP contribution in [0.3, 0.4) is 0 Å². The quantitative estimate of drug-likeness (QED) is 0.540. The first kappa shape index (κ1) is 39.4. The number of aliphatic hydroxyl groups excluding tert-OH is 2. The normalized spacial score (nSPS) is 12.7. The Hall–Kier alpha value is -0.710. The van der Waals surface area contributed by atoms with Crippen LogP contribution in [0.1, 0.15) is 88.0 Å². The number of allylic oxidation sites excluding steroid dienone is 1. The zero-order valence-electron chi connectivity index (χ0n) is 19.3. The molecule has 0 aliphatic heterocycles. The number of hydrogen-bond acceptors (Lipinski definition) is 4. The van der Waals surface area contributed by atoms with Crippen LogP contribution < -0.4 is 5.32 Å². The number of carbonyl (C=O) groups excluding carboxylic acids is 1. The summed E-state index contributed by atoms with van der Waals surface area (Å²) in [6, 6.07) is 0. The van der Waals surface area contributed by atoms with Crippen molar-refractivity contribution >= 4 is 6.79 Å². The van der Waals surface area contributed by atoms with Crippen LogP contribution in [0.15, 0.2) is 12.7 Å². The third kappa shape index (κ3) is 35.3. The van der Waals surface area contributed by atoms with Crippen LogP contribution in [0.4, 0.5) is 0 Å². The third-order valence-electron chi connectivity index (χ3n) is 3.37. The monoisotopic (exact) mass is 365 g/mol. The lowest BCUT2D eigenvalue weighted by Gasteiger charge is -2.33. The maximum Gasteiger partial charge on any atom is 0.106 e. The number of nitrogens with one attached hydrogen (secondary N) is 1. The molecule has 0 aromatic carbocycles. The lowest BCUT2D eigenvalue weighted by molar-refractivity contribution is -0.0980. The molecule has 158 valence electrons. The molecular weight excluding hydrogens is 314 g/mol. The van der Waals surface area contributed by atoms with Crippen molar-refractivity contribution in [2.75, 3.05) is 14.2 Å². The molecule has 0 aliphatic rings. The van der Waals surface area contributed by atoms with E-state index in [0.29, 0.717) is 5.92 Å². The molecule has 0 fully saturated rings. The van der Waals surface area contributed by atoms with Crippen LogP contribution in [-0.4, -0.2) is 42.8 Å². The standard InChI is InChI=1S/C12H27NO.C3H6.2C2H6.CH4O.CH2O/c1-6-8-12(4,13-5)9-11(14)10(3)7-2;1-3-2;4*1-2/h10-11,13-14H,6-9H2,1-5H3;3H,1H2,2H3;2*1-2H3;2H,1H3;1H2. The smallest absolute Gasteiger partial charge is 0.106 e. The highest BCUT2D eigenvalue weighted by molar-refractivity contribution is 5.11. The fourth-order valence-corrected chi connectivity index (χ4v) is 1.82. The van der Waals surface area contributed by atoms with Gasteiger partial charge in [0.2, 0.25) is 0 Å². The number of carbonyl (C=O) groups is 1. The molecule has 0 heterocycles. The van der Waals surface area contributed by atoms with Crippen molar-refractivity contribution in [3.05, 3.63) is 12.7 Å². The molecule has 3 N–H and O–H groups in total. The molecule has 0 radical (unpaired) electrons. The van der Waals surface area contributed by atoms with Gasteiger partial charge in [0.05, 0.1) is 6.10 Å². The first-order valence-corrected chi connectivity index (χ1v) is 9.58. The largest absolute Gasteiger partial charge is 0.400 e. The van der Waals surface area contributed by atoms with Crippen molar-refractivity contribution in [2.45, 2.75) is 99.6 Å². The summed E-state index contributed by atoms with van der Waals surface area (Å²) in [7, 11) is 2.99. The second-order valence-corrected chi connectivity index (χ2v) is 5.13. The van der Waals surface area contributed by atoms with Gasteiger partial charge in [0.15, 0.2) is 0 Å². The molecule has 0 spiro atoms. The Bertz CT molecular complexity index is 202. The molecule has 25 heavy (non-hydrogen) atoms. The van der Waals surface area contributed by atoms with E-state index in [1.165, 1.54) is 0 Å². The summed E-state index contributed by atoms with van der Waals surface area (Å²) in [6.45, 7) is 23.9. The van der Waals surface area contributed by atoms with Crippen LogP contribution in [0, 0.1) is 5.92 Å². The molecule has 0 rings (SSSR count). The van der Waals surface area contributed by atoms with E-state index in [1.807, 2.05) is 48.5 Å². The van der Waals surface area contributed by atoms with E-state index >= 15 is 0 Å². The van der Waals surface area contributed by atoms with E-state index in [1.54, 1.807) is 6.08 Å². The third-order valence-corrected chi connectivity index (χ3v) is 3.37. The molecule has 0 aromatic rings. The van der Waals surface area contributed by atoms with Crippen LogP contribution in [0.2, 0.25) is 0 Å². The molecule has 4 heteroatoms. The average Bonchev–Trinajstić information content (AvgIpc) is 2.68. The van der Waals surface area contributed by atoms with Gasteiger partial charge >= 0.3 is 0 Å². The van der Waals surface area contributed by atoms with Gasteiger partial charge in [-0.15, -0.1) is 6.58 Å². The SMILES string of the molecule is C=CC.C=O.CC.CC.CCCC(C)(CC(O)C(C)CC)NC.CO. The molecule has 0 amide bonds. The van der Waals surface area contributed by atoms with Gasteiger partial charge in [0.1, 0.15) is 6.79 Å². The van der Waals surface area contributed by atoms with Crippen LogP contribution in [-0.2, 0) is 4.79 Å². The Morgan fingerprint density at radius 1 is 1.12 bits per heavy atom. The predicted octanol–water partition coefficient (Wildman–Crippen LogP) is 5.23. The zero-order chi connectivity index (χ0) is 21.9. The van der Waals surface area contributed by atoms with Crippen LogP contribution >= 0.6 is 0 Å². The number of hydrogen-bond donors (Lipinski definition) is 3. The Morgan fingerprint density at radius 3 is 1.64 bits per heavy atom. The molecule has 3 unspecified atom stereocenters. The maximum absolute atomic E-state index is 9.97. The van der Waals surface area contributed by atoms with E-state index < -0.39 is 0 Å². The van der Waals surface area contributed by atoms with Gasteiger partial charge in [-0.3, -0.25) is 0 Å². The fourth-order valence-electron chi connectivity index (χ4n) is 1.82. The van der Waals surface area contributed by atoms with Gasteiger partial charge in [0, 0.05) is 12.6 Å². The lowest BCUT2D eigenvalue weighted by Crippen LogP contribution is -2.43. The molecule has 0 saturated carbocycles. The van der Waals surface area contributed by atoms with E-state index in [9.17, 15) is 5.11 Å². The fraction of sp³-hybridized carbons (Fsp3) is 0.857. The molecule has 3 atom stereocenters. The van der Waals surface area contributed by atoms with Crippen molar-refractivity contribution in [1.82, 2.24) is 5.32 Å².